The Hall–Kier alpha value is -0.530. The maximum atomic E-state index is 13.9. The molecule has 7 heteroatoms. The second-order valence-corrected chi connectivity index (χ2v) is 8.04. The highest BCUT2D eigenvalue weighted by atomic mass is 79.9. The largest absolute Gasteiger partial charge is 0.247 e. The molecule has 1 aromatic rings. The lowest BCUT2D eigenvalue weighted by Gasteiger charge is -2.21. The fraction of sp³-hybridized carbons (Fsp3) is 0.571. The summed E-state index contributed by atoms with van der Waals surface area (Å²) in [6, 6.07) is 1.58. The van der Waals surface area contributed by atoms with E-state index < -0.39 is 26.6 Å². The third kappa shape index (κ3) is 3.63. The van der Waals surface area contributed by atoms with Gasteiger partial charge in [0.1, 0.15) is 16.5 Å². The zero-order chi connectivity index (χ0) is 15.6. The summed E-state index contributed by atoms with van der Waals surface area (Å²) in [5.41, 5.74) is 0. The number of benzene rings is 1. The fourth-order valence-electron chi connectivity index (χ4n) is 2.69. The third-order valence-electron chi connectivity index (χ3n) is 3.94. The molecule has 1 aromatic carbocycles. The van der Waals surface area contributed by atoms with Crippen LogP contribution in [0.1, 0.15) is 32.6 Å². The molecule has 0 spiro atoms. The smallest absolute Gasteiger partial charge is 0.207 e. The van der Waals surface area contributed by atoms with Crippen molar-refractivity contribution in [2.75, 3.05) is 13.1 Å². The Labute approximate surface area is 132 Å². The topological polar surface area (TPSA) is 37.4 Å². The summed E-state index contributed by atoms with van der Waals surface area (Å²) in [5.74, 6) is -1.36. The maximum Gasteiger partial charge on any atom is 0.247 e. The molecule has 1 saturated heterocycles. The third-order valence-corrected chi connectivity index (χ3v) is 6.81. The SMILES string of the molecule is CCC1CCCN(S(=O)(=O)c2c(F)cc(F)cc2Br)CC1. The molecule has 1 aliphatic heterocycles. The van der Waals surface area contributed by atoms with Gasteiger partial charge in [-0.25, -0.2) is 17.2 Å². The van der Waals surface area contributed by atoms with E-state index in [0.717, 1.165) is 31.7 Å². The molecule has 2 rings (SSSR count). The first-order valence-corrected chi connectivity index (χ1v) is 9.24. The molecule has 0 radical (unpaired) electrons. The van der Waals surface area contributed by atoms with Gasteiger partial charge in [-0.05, 0) is 47.2 Å². The fourth-order valence-corrected chi connectivity index (χ4v) is 5.30. The van der Waals surface area contributed by atoms with Crippen LogP contribution in [0.3, 0.4) is 0 Å². The number of rotatable bonds is 3. The van der Waals surface area contributed by atoms with Gasteiger partial charge in [0.2, 0.25) is 10.0 Å². The number of sulfonamides is 1. The predicted octanol–water partition coefficient (Wildman–Crippen LogP) is 3.93. The quantitative estimate of drug-likeness (QED) is 0.795. The van der Waals surface area contributed by atoms with Crippen molar-refractivity contribution < 1.29 is 17.2 Å². The summed E-state index contributed by atoms with van der Waals surface area (Å²) >= 11 is 2.96. The number of hydrogen-bond donors (Lipinski definition) is 0. The summed E-state index contributed by atoms with van der Waals surface area (Å²) in [6.45, 7) is 2.84. The standard InChI is InChI=1S/C14H18BrF2NO2S/c1-2-10-4-3-6-18(7-5-10)21(19,20)14-12(15)8-11(16)9-13(14)17/h8-10H,2-7H2,1H3. The van der Waals surface area contributed by atoms with Gasteiger partial charge in [-0.2, -0.15) is 4.31 Å². The zero-order valence-electron chi connectivity index (χ0n) is 11.8. The van der Waals surface area contributed by atoms with Crippen LogP contribution >= 0.6 is 15.9 Å². The van der Waals surface area contributed by atoms with E-state index in [1.54, 1.807) is 0 Å². The number of halogens is 3. The van der Waals surface area contributed by atoms with Crippen LogP contribution in [0.2, 0.25) is 0 Å². The van der Waals surface area contributed by atoms with Crippen molar-refractivity contribution in [3.63, 3.8) is 0 Å². The van der Waals surface area contributed by atoms with Crippen LogP contribution in [0.25, 0.3) is 0 Å². The van der Waals surface area contributed by atoms with Crippen LogP contribution in [0.15, 0.2) is 21.5 Å². The first kappa shape index (κ1) is 16.8. The highest BCUT2D eigenvalue weighted by Gasteiger charge is 2.31. The van der Waals surface area contributed by atoms with Gasteiger partial charge >= 0.3 is 0 Å². The van der Waals surface area contributed by atoms with Crippen molar-refractivity contribution in [3.05, 3.63) is 28.2 Å². The second-order valence-electron chi connectivity index (χ2n) is 5.31. The molecule has 1 heterocycles. The van der Waals surface area contributed by atoms with Crippen molar-refractivity contribution in [1.82, 2.24) is 4.31 Å². The second kappa shape index (κ2) is 6.71. The summed E-state index contributed by atoms with van der Waals surface area (Å²) in [4.78, 5) is -0.473. The van der Waals surface area contributed by atoms with Crippen LogP contribution in [-0.4, -0.2) is 25.8 Å². The Morgan fingerprint density at radius 1 is 1.29 bits per heavy atom. The molecule has 1 atom stereocenters. The molecule has 0 aliphatic carbocycles. The van der Waals surface area contributed by atoms with Crippen molar-refractivity contribution >= 4 is 26.0 Å². The lowest BCUT2D eigenvalue weighted by atomic mass is 9.98. The molecule has 1 unspecified atom stereocenters. The van der Waals surface area contributed by atoms with E-state index in [4.69, 9.17) is 0 Å². The van der Waals surface area contributed by atoms with Gasteiger partial charge in [-0.3, -0.25) is 0 Å². The lowest BCUT2D eigenvalue weighted by molar-refractivity contribution is 0.404. The molecule has 0 N–H and O–H groups in total. The molecule has 118 valence electrons. The van der Waals surface area contributed by atoms with E-state index in [9.17, 15) is 17.2 Å². The van der Waals surface area contributed by atoms with E-state index in [1.165, 1.54) is 4.31 Å². The Bertz CT molecular complexity index is 598. The normalized spacial score (nSPS) is 21.2. The predicted molar refractivity (Wildman–Crippen MR) is 80.4 cm³/mol. The first-order valence-electron chi connectivity index (χ1n) is 7.01. The van der Waals surface area contributed by atoms with E-state index in [2.05, 4.69) is 22.9 Å². The van der Waals surface area contributed by atoms with Crippen LogP contribution < -0.4 is 0 Å². The van der Waals surface area contributed by atoms with Gasteiger partial charge in [0.15, 0.2) is 0 Å². The van der Waals surface area contributed by atoms with Crippen molar-refractivity contribution in [2.45, 2.75) is 37.5 Å². The van der Waals surface area contributed by atoms with Gasteiger partial charge in [0.25, 0.3) is 0 Å². The molecule has 0 bridgehead atoms. The van der Waals surface area contributed by atoms with Crippen LogP contribution in [0, 0.1) is 17.6 Å². The van der Waals surface area contributed by atoms with Gasteiger partial charge in [0, 0.05) is 23.6 Å². The molecule has 21 heavy (non-hydrogen) atoms. The molecule has 0 aromatic heterocycles. The summed E-state index contributed by atoms with van der Waals surface area (Å²) in [6.07, 6.45) is 3.53. The van der Waals surface area contributed by atoms with Gasteiger partial charge < -0.3 is 0 Å². The average Bonchev–Trinajstić information content (AvgIpc) is 2.62. The highest BCUT2D eigenvalue weighted by Crippen LogP contribution is 2.31. The molecule has 1 fully saturated rings. The minimum Gasteiger partial charge on any atom is -0.207 e. The van der Waals surface area contributed by atoms with Crippen molar-refractivity contribution in [1.29, 1.82) is 0 Å². The van der Waals surface area contributed by atoms with Crippen LogP contribution in [0.5, 0.6) is 0 Å². The molecule has 0 amide bonds. The lowest BCUT2D eigenvalue weighted by Crippen LogP contribution is -2.33. The minimum absolute atomic E-state index is 0.0729. The minimum atomic E-state index is -3.95. The zero-order valence-corrected chi connectivity index (χ0v) is 14.2. The Morgan fingerprint density at radius 3 is 2.62 bits per heavy atom. The van der Waals surface area contributed by atoms with Gasteiger partial charge in [0.05, 0.1) is 0 Å². The molecular formula is C14H18BrF2NO2S. The van der Waals surface area contributed by atoms with E-state index in [-0.39, 0.29) is 4.47 Å². The van der Waals surface area contributed by atoms with Crippen LogP contribution in [-0.2, 0) is 10.0 Å². The maximum absolute atomic E-state index is 13.9. The van der Waals surface area contributed by atoms with Gasteiger partial charge in [-0.15, -0.1) is 0 Å². The first-order chi connectivity index (χ1) is 9.86. The van der Waals surface area contributed by atoms with Gasteiger partial charge in [-0.1, -0.05) is 13.3 Å². The molecule has 3 nitrogen and oxygen atoms in total. The average molecular weight is 382 g/mol. The van der Waals surface area contributed by atoms with E-state index in [0.29, 0.717) is 25.1 Å². The van der Waals surface area contributed by atoms with E-state index >= 15 is 0 Å². The summed E-state index contributed by atoms with van der Waals surface area (Å²) in [5, 5.41) is 0. The van der Waals surface area contributed by atoms with Crippen LogP contribution in [0.4, 0.5) is 8.78 Å². The highest BCUT2D eigenvalue weighted by molar-refractivity contribution is 9.10. The molecule has 1 aliphatic rings. The Kier molecular flexibility index (Phi) is 5.38. The number of hydrogen-bond acceptors (Lipinski definition) is 2. The molecule has 0 saturated carbocycles. The molecular weight excluding hydrogens is 364 g/mol. The van der Waals surface area contributed by atoms with Crippen molar-refractivity contribution in [2.24, 2.45) is 5.92 Å². The Morgan fingerprint density at radius 2 is 2.00 bits per heavy atom. The monoisotopic (exact) mass is 381 g/mol. The van der Waals surface area contributed by atoms with Crippen molar-refractivity contribution in [3.8, 4) is 0 Å². The summed E-state index contributed by atoms with van der Waals surface area (Å²) in [7, 11) is -3.95. The Balaban J connectivity index is 2.34. The van der Waals surface area contributed by atoms with E-state index in [1.807, 2.05) is 0 Å². The summed E-state index contributed by atoms with van der Waals surface area (Å²) < 4.78 is 53.5. The number of nitrogens with zero attached hydrogens (tertiary/aromatic N) is 1.